The van der Waals surface area contributed by atoms with Crippen LogP contribution in [0.2, 0.25) is 0 Å². The maximum atomic E-state index is 9.46. The van der Waals surface area contributed by atoms with Crippen molar-refractivity contribution in [3.8, 4) is 0 Å². The van der Waals surface area contributed by atoms with Gasteiger partial charge in [0.1, 0.15) is 10.4 Å². The van der Waals surface area contributed by atoms with Crippen molar-refractivity contribution in [2.45, 2.75) is 31.2 Å². The average Bonchev–Trinajstić information content (AvgIpc) is 2.65. The molecule has 1 aromatic heterocycles. The molecule has 1 saturated carbocycles. The zero-order chi connectivity index (χ0) is 11.6. The van der Waals surface area contributed by atoms with Gasteiger partial charge in [0.2, 0.25) is 5.95 Å². The third kappa shape index (κ3) is 2.44. The molecule has 1 aliphatic rings. The van der Waals surface area contributed by atoms with E-state index in [4.69, 9.17) is 5.73 Å². The first-order valence-electron chi connectivity index (χ1n) is 5.33. The highest BCUT2D eigenvalue weighted by atomic mass is 79.9. The average molecular weight is 287 g/mol. The van der Waals surface area contributed by atoms with Crippen LogP contribution in [-0.4, -0.2) is 27.2 Å². The van der Waals surface area contributed by atoms with E-state index in [2.05, 4.69) is 31.2 Å². The minimum Gasteiger partial charge on any atom is -0.394 e. The van der Waals surface area contributed by atoms with Gasteiger partial charge in [0.15, 0.2) is 0 Å². The van der Waals surface area contributed by atoms with Gasteiger partial charge in [-0.3, -0.25) is 0 Å². The lowest BCUT2D eigenvalue weighted by Crippen LogP contribution is -2.39. The van der Waals surface area contributed by atoms with Crippen molar-refractivity contribution in [3.05, 3.63) is 10.7 Å². The monoisotopic (exact) mass is 286 g/mol. The molecule has 0 unspecified atom stereocenters. The lowest BCUT2D eigenvalue weighted by molar-refractivity contribution is 0.213. The number of nitrogens with two attached hydrogens (primary N) is 1. The second-order valence-electron chi connectivity index (χ2n) is 4.21. The predicted molar refractivity (Wildman–Crippen MR) is 66.1 cm³/mol. The molecule has 1 aliphatic carbocycles. The number of halogens is 1. The lowest BCUT2D eigenvalue weighted by atomic mass is 9.99. The van der Waals surface area contributed by atoms with Gasteiger partial charge in [0, 0.05) is 6.07 Å². The minimum atomic E-state index is -0.271. The van der Waals surface area contributed by atoms with Crippen molar-refractivity contribution in [1.82, 2.24) is 9.97 Å². The highest BCUT2D eigenvalue weighted by molar-refractivity contribution is 9.10. The van der Waals surface area contributed by atoms with E-state index >= 15 is 0 Å². The molecule has 88 valence electrons. The largest absolute Gasteiger partial charge is 0.394 e. The maximum Gasteiger partial charge on any atom is 0.226 e. The fraction of sp³-hybridized carbons (Fsp3) is 0.600. The van der Waals surface area contributed by atoms with E-state index in [1.807, 2.05) is 0 Å². The predicted octanol–water partition coefficient (Wildman–Crippen LogP) is 1.54. The van der Waals surface area contributed by atoms with Crippen molar-refractivity contribution in [2.24, 2.45) is 0 Å². The Morgan fingerprint density at radius 1 is 1.44 bits per heavy atom. The Morgan fingerprint density at radius 3 is 2.69 bits per heavy atom. The molecule has 1 aromatic rings. The van der Waals surface area contributed by atoms with Crippen LogP contribution in [-0.2, 0) is 0 Å². The first-order valence-corrected chi connectivity index (χ1v) is 6.12. The highest BCUT2D eigenvalue weighted by Gasteiger charge is 2.33. The van der Waals surface area contributed by atoms with Gasteiger partial charge in [0.25, 0.3) is 0 Å². The van der Waals surface area contributed by atoms with Crippen LogP contribution in [0.3, 0.4) is 0 Å². The summed E-state index contributed by atoms with van der Waals surface area (Å²) in [5, 5.41) is 12.7. The van der Waals surface area contributed by atoms with E-state index in [-0.39, 0.29) is 12.1 Å². The van der Waals surface area contributed by atoms with Crippen LogP contribution in [0.4, 0.5) is 11.8 Å². The summed E-state index contributed by atoms with van der Waals surface area (Å²) < 4.78 is 0.647. The van der Waals surface area contributed by atoms with Crippen LogP contribution in [0.1, 0.15) is 25.7 Å². The van der Waals surface area contributed by atoms with Gasteiger partial charge in [-0.1, -0.05) is 12.8 Å². The first kappa shape index (κ1) is 11.6. The standard InChI is InChI=1S/C10H15BrN4O/c11-7-5-8(12)14-9(13-7)15-10(6-16)3-1-2-4-10/h5,16H,1-4,6H2,(H3,12,13,14,15). The van der Waals surface area contributed by atoms with Crippen molar-refractivity contribution in [3.63, 3.8) is 0 Å². The normalized spacial score (nSPS) is 18.6. The molecule has 1 heterocycles. The minimum absolute atomic E-state index is 0.1000. The summed E-state index contributed by atoms with van der Waals surface area (Å²) in [7, 11) is 0. The number of aromatic nitrogens is 2. The Labute approximate surface area is 103 Å². The summed E-state index contributed by atoms with van der Waals surface area (Å²) in [4.78, 5) is 8.30. The zero-order valence-corrected chi connectivity index (χ0v) is 10.5. The number of rotatable bonds is 3. The number of hydrogen-bond acceptors (Lipinski definition) is 5. The number of aliphatic hydroxyl groups is 1. The number of nitrogens with one attached hydrogen (secondary N) is 1. The molecule has 0 radical (unpaired) electrons. The number of nitrogen functional groups attached to an aromatic ring is 1. The highest BCUT2D eigenvalue weighted by Crippen LogP contribution is 2.32. The van der Waals surface area contributed by atoms with Crippen LogP contribution in [0.5, 0.6) is 0 Å². The Hall–Kier alpha value is -0.880. The van der Waals surface area contributed by atoms with Gasteiger partial charge in [0.05, 0.1) is 12.1 Å². The Kier molecular flexibility index (Phi) is 3.30. The van der Waals surface area contributed by atoms with Crippen LogP contribution >= 0.6 is 15.9 Å². The van der Waals surface area contributed by atoms with Crippen molar-refractivity contribution in [2.75, 3.05) is 17.7 Å². The summed E-state index contributed by atoms with van der Waals surface area (Å²) in [6.07, 6.45) is 4.13. The Balaban J connectivity index is 2.18. The smallest absolute Gasteiger partial charge is 0.226 e. The second-order valence-corrected chi connectivity index (χ2v) is 5.02. The van der Waals surface area contributed by atoms with E-state index in [0.29, 0.717) is 16.4 Å². The molecule has 0 spiro atoms. The van der Waals surface area contributed by atoms with Gasteiger partial charge < -0.3 is 16.2 Å². The summed E-state index contributed by atoms with van der Waals surface area (Å²) in [5.41, 5.74) is 5.36. The fourth-order valence-corrected chi connectivity index (χ4v) is 2.51. The molecule has 5 nitrogen and oxygen atoms in total. The molecule has 6 heteroatoms. The molecular formula is C10H15BrN4O. The molecule has 1 fully saturated rings. The molecule has 0 amide bonds. The molecule has 0 aliphatic heterocycles. The van der Waals surface area contributed by atoms with Gasteiger partial charge in [-0.15, -0.1) is 0 Å². The Morgan fingerprint density at radius 2 is 2.12 bits per heavy atom. The molecule has 0 aromatic carbocycles. The number of hydrogen-bond donors (Lipinski definition) is 3. The van der Waals surface area contributed by atoms with Crippen LogP contribution in [0, 0.1) is 0 Å². The SMILES string of the molecule is Nc1cc(Br)nc(NC2(CO)CCCC2)n1. The van der Waals surface area contributed by atoms with E-state index in [1.54, 1.807) is 6.07 Å². The topological polar surface area (TPSA) is 84.1 Å². The molecular weight excluding hydrogens is 272 g/mol. The number of nitrogens with zero attached hydrogens (tertiary/aromatic N) is 2. The number of aliphatic hydroxyl groups excluding tert-OH is 1. The van der Waals surface area contributed by atoms with Crippen molar-refractivity contribution in [1.29, 1.82) is 0 Å². The summed E-state index contributed by atoms with van der Waals surface area (Å²) in [6, 6.07) is 1.64. The van der Waals surface area contributed by atoms with Crippen LogP contribution < -0.4 is 11.1 Å². The third-order valence-electron chi connectivity index (χ3n) is 2.95. The van der Waals surface area contributed by atoms with Crippen molar-refractivity contribution < 1.29 is 5.11 Å². The molecule has 16 heavy (non-hydrogen) atoms. The fourth-order valence-electron chi connectivity index (χ4n) is 2.10. The summed E-state index contributed by atoms with van der Waals surface area (Å²) in [5.74, 6) is 0.887. The van der Waals surface area contributed by atoms with E-state index in [9.17, 15) is 5.11 Å². The first-order chi connectivity index (χ1) is 7.63. The Bertz CT molecular complexity index is 359. The quantitative estimate of drug-likeness (QED) is 0.734. The summed E-state index contributed by atoms with van der Waals surface area (Å²) in [6.45, 7) is 0.1000. The molecule has 0 bridgehead atoms. The van der Waals surface area contributed by atoms with E-state index in [1.165, 1.54) is 0 Å². The van der Waals surface area contributed by atoms with Gasteiger partial charge >= 0.3 is 0 Å². The molecule has 0 saturated heterocycles. The van der Waals surface area contributed by atoms with Gasteiger partial charge in [-0.05, 0) is 28.8 Å². The van der Waals surface area contributed by atoms with Crippen LogP contribution in [0.25, 0.3) is 0 Å². The zero-order valence-electron chi connectivity index (χ0n) is 8.91. The lowest BCUT2D eigenvalue weighted by Gasteiger charge is -2.27. The van der Waals surface area contributed by atoms with Crippen LogP contribution in [0.15, 0.2) is 10.7 Å². The number of anilines is 2. The molecule has 4 N–H and O–H groups in total. The van der Waals surface area contributed by atoms with Gasteiger partial charge in [-0.2, -0.15) is 4.98 Å². The summed E-state index contributed by atoms with van der Waals surface area (Å²) >= 11 is 3.27. The van der Waals surface area contributed by atoms with Crippen molar-refractivity contribution >= 4 is 27.7 Å². The van der Waals surface area contributed by atoms with E-state index in [0.717, 1.165) is 25.7 Å². The second kappa shape index (κ2) is 4.55. The maximum absolute atomic E-state index is 9.46. The molecule has 0 atom stereocenters. The third-order valence-corrected chi connectivity index (χ3v) is 3.36. The molecule has 2 rings (SSSR count). The van der Waals surface area contributed by atoms with E-state index < -0.39 is 0 Å². The van der Waals surface area contributed by atoms with Gasteiger partial charge in [-0.25, -0.2) is 4.98 Å².